The Labute approximate surface area is 133 Å². The van der Waals surface area contributed by atoms with Gasteiger partial charge in [-0.25, -0.2) is 0 Å². The van der Waals surface area contributed by atoms with Gasteiger partial charge in [0.15, 0.2) is 0 Å². The summed E-state index contributed by atoms with van der Waals surface area (Å²) in [5, 5.41) is 4.67. The lowest BCUT2D eigenvalue weighted by Crippen LogP contribution is -2.35. The quantitative estimate of drug-likeness (QED) is 0.724. The van der Waals surface area contributed by atoms with Crippen LogP contribution in [-0.4, -0.2) is 17.0 Å². The largest absolute Gasteiger partial charge is 0.349 e. The summed E-state index contributed by atoms with van der Waals surface area (Å²) in [6.07, 6.45) is 0. The second-order valence-corrected chi connectivity index (χ2v) is 6.03. The maximum Gasteiger partial charge on any atom is 0.268 e. The normalized spacial score (nSPS) is 14.0. The Morgan fingerprint density at radius 3 is 2.73 bits per heavy atom. The fraction of sp³-hybridized carbons (Fsp3) is 0.167. The molecule has 0 unspecified atom stereocenters. The van der Waals surface area contributed by atoms with Crippen molar-refractivity contribution in [3.63, 3.8) is 0 Å². The highest BCUT2D eigenvalue weighted by atomic mass is 35.5. The third-order valence-corrected chi connectivity index (χ3v) is 4.51. The summed E-state index contributed by atoms with van der Waals surface area (Å²) < 4.78 is 2.13. The molecule has 1 aromatic heterocycles. The number of nitrogens with one attached hydrogen (secondary N) is 1. The second kappa shape index (κ2) is 4.89. The van der Waals surface area contributed by atoms with Crippen LogP contribution in [0.3, 0.4) is 0 Å². The van der Waals surface area contributed by atoms with Crippen molar-refractivity contribution in [1.29, 1.82) is 0 Å². The summed E-state index contributed by atoms with van der Waals surface area (Å²) in [5.74, 6) is -0.00455. The van der Waals surface area contributed by atoms with E-state index < -0.39 is 0 Å². The molecule has 4 rings (SSSR count). The Balaban J connectivity index is 2.14. The van der Waals surface area contributed by atoms with Gasteiger partial charge < -0.3 is 9.88 Å². The fourth-order valence-corrected chi connectivity index (χ4v) is 3.56. The molecule has 3 nitrogen and oxygen atoms in total. The van der Waals surface area contributed by atoms with Crippen LogP contribution in [0.2, 0.25) is 5.02 Å². The Morgan fingerprint density at radius 1 is 1.18 bits per heavy atom. The standard InChI is InChI=1S/C18H15ClN2O/c1-11-14-9-13(19)10-15(12-5-3-2-4-6-12)17(14)21-8-7-20-18(22)16(11)21/h2-6,9-10H,7-8H2,1H3,(H,20,22). The van der Waals surface area contributed by atoms with Crippen LogP contribution in [0.1, 0.15) is 16.1 Å². The lowest BCUT2D eigenvalue weighted by molar-refractivity contribution is 0.0928. The lowest BCUT2D eigenvalue weighted by atomic mass is 10.0. The van der Waals surface area contributed by atoms with E-state index in [2.05, 4.69) is 22.0 Å². The third-order valence-electron chi connectivity index (χ3n) is 4.29. The molecule has 0 saturated heterocycles. The maximum atomic E-state index is 12.2. The zero-order valence-corrected chi connectivity index (χ0v) is 12.9. The molecule has 22 heavy (non-hydrogen) atoms. The molecule has 0 aliphatic carbocycles. The predicted molar refractivity (Wildman–Crippen MR) is 89.5 cm³/mol. The average Bonchev–Trinajstić information content (AvgIpc) is 2.82. The van der Waals surface area contributed by atoms with E-state index in [1.54, 1.807) is 0 Å². The Morgan fingerprint density at radius 2 is 1.95 bits per heavy atom. The van der Waals surface area contributed by atoms with E-state index in [-0.39, 0.29) is 5.91 Å². The molecular weight excluding hydrogens is 296 g/mol. The molecule has 110 valence electrons. The van der Waals surface area contributed by atoms with Gasteiger partial charge in [0.05, 0.1) is 5.52 Å². The number of carbonyl (C=O) groups is 1. The van der Waals surface area contributed by atoms with E-state index >= 15 is 0 Å². The number of aryl methyl sites for hydroxylation is 1. The maximum absolute atomic E-state index is 12.2. The molecule has 0 saturated carbocycles. The van der Waals surface area contributed by atoms with Gasteiger partial charge in [0.25, 0.3) is 5.91 Å². The molecule has 0 spiro atoms. The molecule has 1 aliphatic rings. The van der Waals surface area contributed by atoms with E-state index in [1.165, 1.54) is 0 Å². The van der Waals surface area contributed by atoms with Crippen molar-refractivity contribution in [3.8, 4) is 11.1 Å². The van der Waals surface area contributed by atoms with E-state index in [4.69, 9.17) is 11.6 Å². The van der Waals surface area contributed by atoms with Crippen molar-refractivity contribution in [3.05, 3.63) is 58.7 Å². The van der Waals surface area contributed by atoms with Crippen molar-refractivity contribution in [1.82, 2.24) is 9.88 Å². The average molecular weight is 311 g/mol. The molecular formula is C18H15ClN2O. The lowest BCUT2D eigenvalue weighted by Gasteiger charge is -2.18. The van der Waals surface area contributed by atoms with Crippen molar-refractivity contribution >= 4 is 28.4 Å². The van der Waals surface area contributed by atoms with Crippen LogP contribution in [-0.2, 0) is 6.54 Å². The van der Waals surface area contributed by atoms with Crippen molar-refractivity contribution < 1.29 is 4.79 Å². The van der Waals surface area contributed by atoms with Crippen molar-refractivity contribution in [2.75, 3.05) is 6.54 Å². The number of hydrogen-bond acceptors (Lipinski definition) is 1. The number of carbonyl (C=O) groups excluding carboxylic acids is 1. The number of aromatic nitrogens is 1. The summed E-state index contributed by atoms with van der Waals surface area (Å²) in [5.41, 5.74) is 5.03. The molecule has 0 bridgehead atoms. The monoisotopic (exact) mass is 310 g/mol. The molecule has 1 aliphatic heterocycles. The summed E-state index contributed by atoms with van der Waals surface area (Å²) in [7, 11) is 0. The van der Waals surface area contributed by atoms with E-state index in [0.29, 0.717) is 11.6 Å². The van der Waals surface area contributed by atoms with Gasteiger partial charge >= 0.3 is 0 Å². The number of benzene rings is 2. The minimum absolute atomic E-state index is 0.00455. The molecule has 1 N–H and O–H groups in total. The number of rotatable bonds is 1. The zero-order valence-electron chi connectivity index (χ0n) is 12.2. The number of halogens is 1. The molecule has 3 aromatic rings. The highest BCUT2D eigenvalue weighted by molar-refractivity contribution is 6.32. The van der Waals surface area contributed by atoms with Crippen LogP contribution < -0.4 is 5.32 Å². The first-order valence-corrected chi connectivity index (χ1v) is 7.70. The predicted octanol–water partition coefficient (Wildman–Crippen LogP) is 4.01. The minimum atomic E-state index is -0.00455. The topological polar surface area (TPSA) is 34.0 Å². The van der Waals surface area contributed by atoms with Gasteiger partial charge in [-0.05, 0) is 30.2 Å². The van der Waals surface area contributed by atoms with Gasteiger partial charge in [0.1, 0.15) is 5.69 Å². The molecule has 0 atom stereocenters. The van der Waals surface area contributed by atoms with Crippen LogP contribution >= 0.6 is 11.6 Å². The Kier molecular flexibility index (Phi) is 2.98. The first-order chi connectivity index (χ1) is 10.7. The summed E-state index contributed by atoms with van der Waals surface area (Å²) in [6.45, 7) is 3.43. The molecule has 2 aromatic carbocycles. The van der Waals surface area contributed by atoms with Crippen LogP contribution in [0.5, 0.6) is 0 Å². The summed E-state index contributed by atoms with van der Waals surface area (Å²) in [4.78, 5) is 12.2. The third kappa shape index (κ3) is 1.86. The van der Waals surface area contributed by atoms with Gasteiger partial charge in [-0.1, -0.05) is 41.9 Å². The highest BCUT2D eigenvalue weighted by Crippen LogP contribution is 2.37. The first kappa shape index (κ1) is 13.4. The van der Waals surface area contributed by atoms with Gasteiger partial charge in [0.2, 0.25) is 0 Å². The van der Waals surface area contributed by atoms with Crippen LogP contribution in [0, 0.1) is 6.92 Å². The number of hydrogen-bond donors (Lipinski definition) is 1. The van der Waals surface area contributed by atoms with Gasteiger partial charge in [-0.3, -0.25) is 4.79 Å². The smallest absolute Gasteiger partial charge is 0.268 e. The van der Waals surface area contributed by atoms with Crippen molar-refractivity contribution in [2.24, 2.45) is 0 Å². The number of amides is 1. The molecule has 0 fully saturated rings. The number of fused-ring (bicyclic) bond motifs is 3. The zero-order chi connectivity index (χ0) is 15.3. The first-order valence-electron chi connectivity index (χ1n) is 7.33. The molecule has 2 heterocycles. The summed E-state index contributed by atoms with van der Waals surface area (Å²) in [6, 6.07) is 14.1. The Bertz CT molecular complexity index is 897. The fourth-order valence-electron chi connectivity index (χ4n) is 3.34. The van der Waals surface area contributed by atoms with Crippen LogP contribution in [0.4, 0.5) is 0 Å². The van der Waals surface area contributed by atoms with Crippen LogP contribution in [0.25, 0.3) is 22.0 Å². The minimum Gasteiger partial charge on any atom is -0.349 e. The number of nitrogens with zero attached hydrogens (tertiary/aromatic N) is 1. The van der Waals surface area contributed by atoms with Gasteiger partial charge in [-0.2, -0.15) is 0 Å². The highest BCUT2D eigenvalue weighted by Gasteiger charge is 2.25. The molecule has 4 heteroatoms. The van der Waals surface area contributed by atoms with Crippen LogP contribution in [0.15, 0.2) is 42.5 Å². The van der Waals surface area contributed by atoms with Gasteiger partial charge in [0, 0.05) is 29.1 Å². The molecule has 0 radical (unpaired) electrons. The van der Waals surface area contributed by atoms with Gasteiger partial charge in [-0.15, -0.1) is 0 Å². The second-order valence-electron chi connectivity index (χ2n) is 5.60. The molecule has 1 amide bonds. The Hall–Kier alpha value is -2.26. The van der Waals surface area contributed by atoms with Crippen molar-refractivity contribution in [2.45, 2.75) is 13.5 Å². The SMILES string of the molecule is Cc1c2n(c3c(-c4ccccc4)cc(Cl)cc13)CCNC2=O. The summed E-state index contributed by atoms with van der Waals surface area (Å²) >= 11 is 6.34. The van der Waals surface area contributed by atoms with E-state index in [9.17, 15) is 4.79 Å². The van der Waals surface area contributed by atoms with E-state index in [0.717, 1.165) is 39.8 Å². The van der Waals surface area contributed by atoms with E-state index in [1.807, 2.05) is 37.3 Å².